The molecule has 0 saturated carbocycles. The molecule has 5 nitrogen and oxygen atoms in total. The molecular weight excluding hydrogens is 449 g/mol. The minimum atomic E-state index is -1.67. The summed E-state index contributed by atoms with van der Waals surface area (Å²) >= 11 is 5.50. The molecule has 2 aliphatic heterocycles. The maximum Gasteiger partial charge on any atom is 0.231 e. The first-order chi connectivity index (χ1) is 12.8. The Morgan fingerprint density at radius 1 is 0.889 bits per heavy atom. The summed E-state index contributed by atoms with van der Waals surface area (Å²) in [7, 11) is 7.36. The second-order valence-corrected chi connectivity index (χ2v) is 7.86. The van der Waals surface area contributed by atoms with Crippen molar-refractivity contribution in [1.82, 2.24) is 0 Å². The molecule has 0 atom stereocenters. The maximum atomic E-state index is 13.0. The van der Waals surface area contributed by atoms with E-state index in [1.54, 1.807) is 19.1 Å². The average molecular weight is 462 g/mol. The SMILES string of the molecule is Cc1cc2c(cc1F)OCO2.Fc1cc2c(cc1CCl)OCO2.O=S(Cl)Cl. The van der Waals surface area contributed by atoms with Gasteiger partial charge in [0, 0.05) is 39.1 Å². The summed E-state index contributed by atoms with van der Waals surface area (Å²) in [5, 5.41) is 0. The Labute approximate surface area is 170 Å². The molecule has 0 unspecified atom stereocenters. The van der Waals surface area contributed by atoms with Crippen LogP contribution in [0.5, 0.6) is 23.0 Å². The van der Waals surface area contributed by atoms with Crippen molar-refractivity contribution in [2.75, 3.05) is 13.6 Å². The number of fused-ring (bicyclic) bond motifs is 2. The number of aryl methyl sites for hydroxylation is 1. The quantitative estimate of drug-likeness (QED) is 0.432. The van der Waals surface area contributed by atoms with Gasteiger partial charge in [0.05, 0.1) is 5.88 Å². The van der Waals surface area contributed by atoms with Crippen molar-refractivity contribution in [3.8, 4) is 23.0 Å². The second kappa shape index (κ2) is 10.2. The van der Waals surface area contributed by atoms with E-state index in [0.717, 1.165) is 0 Å². The van der Waals surface area contributed by atoms with E-state index in [9.17, 15) is 8.78 Å². The van der Waals surface area contributed by atoms with Crippen molar-refractivity contribution in [3.05, 3.63) is 47.0 Å². The third kappa shape index (κ3) is 6.27. The minimum Gasteiger partial charge on any atom is -0.454 e. The molecule has 0 aliphatic carbocycles. The molecule has 0 N–H and O–H groups in total. The molecule has 2 aromatic rings. The van der Waals surface area contributed by atoms with Crippen LogP contribution >= 0.6 is 33.0 Å². The lowest BCUT2D eigenvalue weighted by molar-refractivity contribution is 0.173. The molecule has 4 rings (SSSR count). The molecule has 0 fully saturated rings. The zero-order chi connectivity index (χ0) is 20.0. The first-order valence-electron chi connectivity index (χ1n) is 7.25. The van der Waals surface area contributed by atoms with Crippen molar-refractivity contribution >= 4 is 42.2 Å². The van der Waals surface area contributed by atoms with Crippen molar-refractivity contribution < 1.29 is 31.9 Å². The fourth-order valence-electron chi connectivity index (χ4n) is 2.08. The lowest BCUT2D eigenvalue weighted by atomic mass is 10.2. The highest BCUT2D eigenvalue weighted by Gasteiger charge is 2.16. The van der Waals surface area contributed by atoms with Gasteiger partial charge in [0.2, 0.25) is 22.8 Å². The van der Waals surface area contributed by atoms with Gasteiger partial charge in [0.15, 0.2) is 23.0 Å². The molecule has 27 heavy (non-hydrogen) atoms. The smallest absolute Gasteiger partial charge is 0.231 e. The number of rotatable bonds is 1. The average Bonchev–Trinajstić information content (AvgIpc) is 3.23. The highest BCUT2D eigenvalue weighted by molar-refractivity contribution is 8.26. The summed E-state index contributed by atoms with van der Waals surface area (Å²) in [5.74, 6) is 1.66. The van der Waals surface area contributed by atoms with Gasteiger partial charge < -0.3 is 18.9 Å². The molecule has 0 radical (unpaired) electrons. The summed E-state index contributed by atoms with van der Waals surface area (Å²) in [4.78, 5) is 0. The van der Waals surface area contributed by atoms with Crippen LogP contribution in [-0.2, 0) is 15.1 Å². The number of hydrogen-bond acceptors (Lipinski definition) is 5. The van der Waals surface area contributed by atoms with Gasteiger partial charge in [0.1, 0.15) is 11.6 Å². The Morgan fingerprint density at radius 3 is 1.78 bits per heavy atom. The number of ether oxygens (including phenoxy) is 4. The third-order valence-corrected chi connectivity index (χ3v) is 3.63. The molecular formula is C16H13Cl3F2O5S. The molecule has 0 spiro atoms. The zero-order valence-corrected chi connectivity index (χ0v) is 16.9. The normalized spacial score (nSPS) is 12.9. The molecule has 2 heterocycles. The zero-order valence-electron chi connectivity index (χ0n) is 13.8. The maximum absolute atomic E-state index is 13.0. The minimum absolute atomic E-state index is 0.141. The lowest BCUT2D eigenvalue weighted by Crippen LogP contribution is -1.92. The van der Waals surface area contributed by atoms with E-state index >= 15 is 0 Å². The van der Waals surface area contributed by atoms with Gasteiger partial charge in [-0.05, 0) is 24.6 Å². The summed E-state index contributed by atoms with van der Waals surface area (Å²) in [6.07, 6.45) is 0. The first-order valence-corrected chi connectivity index (χ1v) is 10.6. The topological polar surface area (TPSA) is 54.0 Å². The molecule has 0 aromatic heterocycles. The van der Waals surface area contributed by atoms with E-state index in [4.69, 9.17) is 34.8 Å². The Kier molecular flexibility index (Phi) is 8.22. The molecule has 148 valence electrons. The van der Waals surface area contributed by atoms with Crippen LogP contribution in [0.15, 0.2) is 24.3 Å². The van der Waals surface area contributed by atoms with Gasteiger partial charge in [-0.15, -0.1) is 11.6 Å². The van der Waals surface area contributed by atoms with E-state index < -0.39 is 9.23 Å². The molecule has 0 saturated heterocycles. The summed E-state index contributed by atoms with van der Waals surface area (Å²) in [6, 6.07) is 5.83. The van der Waals surface area contributed by atoms with Crippen molar-refractivity contribution in [1.29, 1.82) is 0 Å². The number of hydrogen-bond donors (Lipinski definition) is 0. The van der Waals surface area contributed by atoms with E-state index in [-0.39, 0.29) is 31.1 Å². The lowest BCUT2D eigenvalue weighted by Gasteiger charge is -2.00. The van der Waals surface area contributed by atoms with Crippen LogP contribution < -0.4 is 18.9 Å². The first kappa shape index (κ1) is 21.8. The van der Waals surface area contributed by atoms with Gasteiger partial charge in [-0.2, -0.15) is 0 Å². The summed E-state index contributed by atoms with van der Waals surface area (Å²) in [6.45, 7) is 2.04. The van der Waals surface area contributed by atoms with E-state index in [1.165, 1.54) is 12.1 Å². The van der Waals surface area contributed by atoms with Gasteiger partial charge in [-0.1, -0.05) is 0 Å². The van der Waals surface area contributed by atoms with Crippen molar-refractivity contribution in [2.45, 2.75) is 12.8 Å². The van der Waals surface area contributed by atoms with Crippen LogP contribution in [0.4, 0.5) is 8.78 Å². The van der Waals surface area contributed by atoms with Gasteiger partial charge >= 0.3 is 0 Å². The third-order valence-electron chi connectivity index (χ3n) is 3.34. The van der Waals surface area contributed by atoms with Gasteiger partial charge in [-0.3, -0.25) is 0 Å². The van der Waals surface area contributed by atoms with Crippen molar-refractivity contribution in [2.24, 2.45) is 0 Å². The van der Waals surface area contributed by atoms with Crippen LogP contribution in [-0.4, -0.2) is 17.8 Å². The number of benzene rings is 2. The van der Waals surface area contributed by atoms with Crippen LogP contribution in [0.1, 0.15) is 11.1 Å². The fraction of sp³-hybridized carbons (Fsp3) is 0.250. The Bertz CT molecular complexity index is 804. The Hall–Kier alpha value is -1.48. The van der Waals surface area contributed by atoms with Crippen molar-refractivity contribution in [3.63, 3.8) is 0 Å². The second-order valence-electron chi connectivity index (χ2n) is 5.07. The van der Waals surface area contributed by atoms with E-state index in [1.807, 2.05) is 0 Å². The van der Waals surface area contributed by atoms with E-state index in [0.29, 0.717) is 34.1 Å². The summed E-state index contributed by atoms with van der Waals surface area (Å²) in [5.41, 5.74) is 1.01. The number of halogens is 5. The van der Waals surface area contributed by atoms with Crippen LogP contribution in [0.2, 0.25) is 0 Å². The fourth-order valence-corrected chi connectivity index (χ4v) is 2.29. The molecule has 2 aliphatic rings. The van der Waals surface area contributed by atoms with Crippen LogP contribution in [0.3, 0.4) is 0 Å². The highest BCUT2D eigenvalue weighted by atomic mass is 36.0. The molecule has 0 amide bonds. The molecule has 0 bridgehead atoms. The van der Waals surface area contributed by atoms with E-state index in [2.05, 4.69) is 21.4 Å². The number of alkyl halides is 1. The monoisotopic (exact) mass is 460 g/mol. The predicted molar refractivity (Wildman–Crippen MR) is 99.2 cm³/mol. The van der Waals surface area contributed by atoms with Crippen LogP contribution in [0.25, 0.3) is 0 Å². The van der Waals surface area contributed by atoms with Crippen LogP contribution in [0, 0.1) is 18.6 Å². The Morgan fingerprint density at radius 2 is 1.30 bits per heavy atom. The molecule has 11 heteroatoms. The van der Waals surface area contributed by atoms with Gasteiger partial charge in [0.25, 0.3) is 0 Å². The molecule has 2 aromatic carbocycles. The summed E-state index contributed by atoms with van der Waals surface area (Å²) < 4.78 is 55.0. The largest absolute Gasteiger partial charge is 0.454 e. The highest BCUT2D eigenvalue weighted by Crippen LogP contribution is 2.35. The predicted octanol–water partition coefficient (Wildman–Crippen LogP) is 5.20. The van der Waals surface area contributed by atoms with Gasteiger partial charge in [-0.25, -0.2) is 13.0 Å². The Balaban J connectivity index is 0.000000163. The standard InChI is InChI=1S/C8H6ClFO2.C8H7FO2.Cl2OS/c9-3-5-1-7-8(2-6(5)10)12-4-11-7;1-5-2-7-8(3-6(5)9)11-4-10-7;1-4(2)3/h1-2H,3-4H2;2-3H,4H2,1H3;.